The molecule has 7 aromatic rings. The van der Waals surface area contributed by atoms with Crippen molar-refractivity contribution in [1.29, 1.82) is 0 Å². The van der Waals surface area contributed by atoms with Gasteiger partial charge >= 0.3 is 0 Å². The second-order valence-electron chi connectivity index (χ2n) is 9.14. The van der Waals surface area contributed by atoms with Gasteiger partial charge in [-0.05, 0) is 71.9 Å². The van der Waals surface area contributed by atoms with E-state index in [2.05, 4.69) is 103 Å². The van der Waals surface area contributed by atoms with Crippen LogP contribution >= 0.6 is 0 Å². The van der Waals surface area contributed by atoms with E-state index in [-0.39, 0.29) is 0 Å². The molecule has 0 saturated heterocycles. The fourth-order valence-electron chi connectivity index (χ4n) is 5.50. The third-order valence-electron chi connectivity index (χ3n) is 7.18. The van der Waals surface area contributed by atoms with Crippen LogP contribution < -0.4 is 0 Å². The fraction of sp³-hybridized carbons (Fsp3) is 0. The van der Waals surface area contributed by atoms with Crippen LogP contribution in [0.4, 0.5) is 0 Å². The van der Waals surface area contributed by atoms with Gasteiger partial charge in [0.25, 0.3) is 5.75 Å². The summed E-state index contributed by atoms with van der Waals surface area (Å²) in [5, 5.41) is 18.6. The van der Waals surface area contributed by atoms with Gasteiger partial charge in [0.05, 0.1) is 5.56 Å². The predicted octanol–water partition coefficient (Wildman–Crippen LogP) is 9.07. The highest BCUT2D eigenvalue weighted by Crippen LogP contribution is 2.39. The highest BCUT2D eigenvalue weighted by atomic mass is 16.3. The van der Waals surface area contributed by atoms with E-state index in [0.717, 1.165) is 21.9 Å². The molecule has 0 spiro atoms. The van der Waals surface area contributed by atoms with E-state index in [0.29, 0.717) is 5.75 Å². The zero-order valence-corrected chi connectivity index (χ0v) is 19.1. The SMILES string of the molecule is [OH2+]c1ccc2ccccc2c1-c1ccc(-c2ccc3c4ccccc4c4ccccc4c3c2)cc1. The molecule has 7 rings (SSSR count). The quantitative estimate of drug-likeness (QED) is 0.186. The maximum absolute atomic E-state index is 8.54. The zero-order chi connectivity index (χ0) is 23.4. The Labute approximate surface area is 203 Å². The molecule has 7 aromatic carbocycles. The largest absolute Gasteiger partial charge is 0.593 e. The standard InChI is InChI=1S/C34H22O/c35-33-20-18-23-7-1-2-8-26(23)34(33)24-15-13-22(14-16-24)25-17-19-31-29-11-4-3-9-27(29)28-10-5-6-12-30(28)32(31)21-25/h1-21,35H/p+1. The van der Waals surface area contributed by atoms with Crippen LogP contribution in [0.5, 0.6) is 5.75 Å². The minimum Gasteiger partial charge on any atom is -0.593 e. The molecule has 0 unspecified atom stereocenters. The van der Waals surface area contributed by atoms with E-state index >= 15 is 0 Å². The molecule has 0 saturated carbocycles. The first-order valence-corrected chi connectivity index (χ1v) is 12.0. The second-order valence-corrected chi connectivity index (χ2v) is 9.14. The Morgan fingerprint density at radius 1 is 0.343 bits per heavy atom. The minimum absolute atomic E-state index is 0.556. The van der Waals surface area contributed by atoms with Gasteiger partial charge in [-0.3, -0.25) is 0 Å². The van der Waals surface area contributed by atoms with Crippen LogP contribution in [0.3, 0.4) is 0 Å². The highest BCUT2D eigenvalue weighted by Gasteiger charge is 2.14. The molecule has 1 heteroatoms. The van der Waals surface area contributed by atoms with Crippen LogP contribution in [-0.4, -0.2) is 5.11 Å². The van der Waals surface area contributed by atoms with Crippen LogP contribution in [-0.2, 0) is 0 Å². The molecule has 0 radical (unpaired) electrons. The number of rotatable bonds is 2. The third kappa shape index (κ3) is 3.09. The van der Waals surface area contributed by atoms with Crippen molar-refractivity contribution in [2.45, 2.75) is 0 Å². The van der Waals surface area contributed by atoms with E-state index in [1.165, 1.54) is 43.4 Å². The van der Waals surface area contributed by atoms with Crippen molar-refractivity contribution in [3.05, 3.63) is 127 Å². The van der Waals surface area contributed by atoms with Gasteiger partial charge in [-0.15, -0.1) is 0 Å². The summed E-state index contributed by atoms with van der Waals surface area (Å²) < 4.78 is 0. The average Bonchev–Trinajstić information content (AvgIpc) is 2.93. The van der Waals surface area contributed by atoms with E-state index in [1.807, 2.05) is 24.3 Å². The van der Waals surface area contributed by atoms with Gasteiger partial charge < -0.3 is 5.11 Å². The van der Waals surface area contributed by atoms with Crippen molar-refractivity contribution in [1.82, 2.24) is 0 Å². The van der Waals surface area contributed by atoms with Crippen LogP contribution in [0.15, 0.2) is 127 Å². The van der Waals surface area contributed by atoms with E-state index in [1.54, 1.807) is 0 Å². The minimum atomic E-state index is 0.556. The molecule has 35 heavy (non-hydrogen) atoms. The summed E-state index contributed by atoms with van der Waals surface area (Å²) in [6.45, 7) is 0. The molecular formula is C34H23O+. The molecule has 0 atom stereocenters. The lowest BCUT2D eigenvalue weighted by molar-refractivity contribution is 0.478. The van der Waals surface area contributed by atoms with Crippen molar-refractivity contribution < 1.29 is 5.11 Å². The summed E-state index contributed by atoms with van der Waals surface area (Å²) in [4.78, 5) is 0. The molecule has 0 aliphatic carbocycles. The van der Waals surface area contributed by atoms with Gasteiger partial charge in [-0.25, -0.2) is 0 Å². The Kier molecular flexibility index (Phi) is 4.37. The van der Waals surface area contributed by atoms with Crippen LogP contribution in [0.1, 0.15) is 0 Å². The lowest BCUT2D eigenvalue weighted by atomic mass is 9.91. The summed E-state index contributed by atoms with van der Waals surface area (Å²) in [6, 6.07) is 45.1. The molecule has 164 valence electrons. The Bertz CT molecular complexity index is 1860. The van der Waals surface area contributed by atoms with Crippen molar-refractivity contribution in [3.8, 4) is 28.0 Å². The van der Waals surface area contributed by atoms with Gasteiger partial charge in [0, 0.05) is 6.07 Å². The zero-order valence-electron chi connectivity index (χ0n) is 19.1. The molecule has 0 bridgehead atoms. The highest BCUT2D eigenvalue weighted by molar-refractivity contribution is 6.25. The summed E-state index contributed by atoms with van der Waals surface area (Å²) in [5.74, 6) is 0.556. The molecule has 0 fully saturated rings. The lowest BCUT2D eigenvalue weighted by Crippen LogP contribution is -1.86. The number of fused-ring (bicyclic) bond motifs is 7. The summed E-state index contributed by atoms with van der Waals surface area (Å²) in [6.07, 6.45) is 0. The molecule has 0 amide bonds. The van der Waals surface area contributed by atoms with Gasteiger partial charge in [0.15, 0.2) is 0 Å². The Balaban J connectivity index is 1.40. The predicted molar refractivity (Wildman–Crippen MR) is 150 cm³/mol. The smallest absolute Gasteiger partial charge is 0.262 e. The summed E-state index contributed by atoms with van der Waals surface area (Å²) in [7, 11) is 0. The number of benzene rings is 7. The Morgan fingerprint density at radius 3 is 1.49 bits per heavy atom. The van der Waals surface area contributed by atoms with Gasteiger partial charge in [0.1, 0.15) is 0 Å². The monoisotopic (exact) mass is 447 g/mol. The van der Waals surface area contributed by atoms with Crippen molar-refractivity contribution in [3.63, 3.8) is 0 Å². The Hall–Kier alpha value is -4.62. The topological polar surface area (TPSA) is 22.9 Å². The van der Waals surface area contributed by atoms with Gasteiger partial charge in [-0.1, -0.05) is 109 Å². The number of hydrogen-bond donors (Lipinski definition) is 0. The van der Waals surface area contributed by atoms with Crippen molar-refractivity contribution >= 4 is 43.1 Å². The van der Waals surface area contributed by atoms with E-state index in [9.17, 15) is 0 Å². The first-order chi connectivity index (χ1) is 17.3. The first-order valence-electron chi connectivity index (χ1n) is 12.0. The van der Waals surface area contributed by atoms with Crippen LogP contribution in [0.2, 0.25) is 0 Å². The summed E-state index contributed by atoms with van der Waals surface area (Å²) in [5.41, 5.74) is 4.45. The second kappa shape index (κ2) is 7.72. The fourth-order valence-corrected chi connectivity index (χ4v) is 5.50. The Morgan fingerprint density at radius 2 is 0.829 bits per heavy atom. The normalized spacial score (nSPS) is 11.5. The lowest BCUT2D eigenvalue weighted by Gasteiger charge is -2.12. The average molecular weight is 448 g/mol. The van der Waals surface area contributed by atoms with Crippen LogP contribution in [0.25, 0.3) is 65.3 Å². The van der Waals surface area contributed by atoms with Gasteiger partial charge in [-0.2, -0.15) is 0 Å². The molecule has 0 aliphatic rings. The van der Waals surface area contributed by atoms with Crippen molar-refractivity contribution in [2.75, 3.05) is 0 Å². The maximum atomic E-state index is 8.54. The maximum Gasteiger partial charge on any atom is 0.262 e. The number of hydrogen-bond acceptors (Lipinski definition) is 0. The van der Waals surface area contributed by atoms with E-state index in [4.69, 9.17) is 5.11 Å². The molecule has 0 heterocycles. The molecule has 2 N–H and O–H groups in total. The molecular weight excluding hydrogens is 424 g/mol. The summed E-state index contributed by atoms with van der Waals surface area (Å²) >= 11 is 0. The first kappa shape index (κ1) is 19.8. The van der Waals surface area contributed by atoms with Crippen molar-refractivity contribution in [2.24, 2.45) is 0 Å². The molecule has 0 aliphatic heterocycles. The third-order valence-corrected chi connectivity index (χ3v) is 7.18. The molecule has 1 nitrogen and oxygen atoms in total. The molecule has 0 aromatic heterocycles. The van der Waals surface area contributed by atoms with Gasteiger partial charge in [0.2, 0.25) is 0 Å². The van der Waals surface area contributed by atoms with E-state index < -0.39 is 0 Å². The van der Waals surface area contributed by atoms with Crippen LogP contribution in [0, 0.1) is 0 Å².